The van der Waals surface area contributed by atoms with E-state index in [9.17, 15) is 4.79 Å². The molecule has 0 bridgehead atoms. The van der Waals surface area contributed by atoms with Crippen molar-refractivity contribution in [2.24, 2.45) is 0 Å². The largest absolute Gasteiger partial charge is 0.476 e. The zero-order valence-corrected chi connectivity index (χ0v) is 12.1. The van der Waals surface area contributed by atoms with Gasteiger partial charge >= 0.3 is 5.97 Å². The number of aromatic carboxylic acids is 1. The molecule has 0 aliphatic carbocycles. The van der Waals surface area contributed by atoms with Crippen LogP contribution in [0.4, 0.5) is 16.5 Å². The first kappa shape index (κ1) is 13.8. The Morgan fingerprint density at radius 3 is 2.81 bits per heavy atom. The smallest absolute Gasteiger partial charge is 0.355 e. The van der Waals surface area contributed by atoms with E-state index < -0.39 is 5.97 Å². The minimum absolute atomic E-state index is 0.0614. The Bertz CT molecular complexity index is 638. The summed E-state index contributed by atoms with van der Waals surface area (Å²) in [6, 6.07) is 7.94. The van der Waals surface area contributed by atoms with Gasteiger partial charge in [-0.05, 0) is 12.1 Å². The maximum absolute atomic E-state index is 10.9. The highest BCUT2D eigenvalue weighted by Crippen LogP contribution is 2.30. The van der Waals surface area contributed by atoms with Gasteiger partial charge < -0.3 is 20.1 Å². The molecule has 2 aromatic rings. The molecule has 2 heterocycles. The van der Waals surface area contributed by atoms with E-state index in [1.54, 1.807) is 0 Å². The molecule has 1 aliphatic heterocycles. The molecule has 21 heavy (non-hydrogen) atoms. The fourth-order valence-electron chi connectivity index (χ4n) is 2.20. The van der Waals surface area contributed by atoms with Gasteiger partial charge in [-0.3, -0.25) is 0 Å². The monoisotopic (exact) mass is 305 g/mol. The summed E-state index contributed by atoms with van der Waals surface area (Å²) in [4.78, 5) is 17.2. The number of benzene rings is 1. The molecule has 1 aromatic heterocycles. The first-order valence-corrected chi connectivity index (χ1v) is 7.49. The second-order valence-corrected chi connectivity index (χ2v) is 5.44. The molecule has 6 nitrogen and oxygen atoms in total. The van der Waals surface area contributed by atoms with Crippen molar-refractivity contribution < 1.29 is 14.6 Å². The zero-order chi connectivity index (χ0) is 14.7. The van der Waals surface area contributed by atoms with E-state index in [1.165, 1.54) is 16.7 Å². The Morgan fingerprint density at radius 2 is 2.10 bits per heavy atom. The van der Waals surface area contributed by atoms with Gasteiger partial charge in [0, 0.05) is 18.5 Å². The van der Waals surface area contributed by atoms with Crippen LogP contribution in [0.25, 0.3) is 0 Å². The third kappa shape index (κ3) is 3.14. The Hall–Kier alpha value is -2.12. The van der Waals surface area contributed by atoms with Crippen molar-refractivity contribution in [1.82, 2.24) is 4.98 Å². The average Bonchev–Trinajstić information content (AvgIpc) is 2.98. The molecule has 0 radical (unpaired) electrons. The Kier molecular flexibility index (Phi) is 4.03. The summed E-state index contributed by atoms with van der Waals surface area (Å²) in [6.45, 7) is 3.12. The van der Waals surface area contributed by atoms with Crippen LogP contribution in [-0.4, -0.2) is 42.4 Å². The maximum Gasteiger partial charge on any atom is 0.355 e. The minimum Gasteiger partial charge on any atom is -0.476 e. The first-order valence-electron chi connectivity index (χ1n) is 6.61. The second-order valence-electron chi connectivity index (χ2n) is 4.58. The van der Waals surface area contributed by atoms with Gasteiger partial charge in [0.25, 0.3) is 0 Å². The molecule has 7 heteroatoms. The van der Waals surface area contributed by atoms with Crippen LogP contribution in [-0.2, 0) is 4.74 Å². The Balaban J connectivity index is 1.82. The fourth-order valence-corrected chi connectivity index (χ4v) is 2.90. The number of aromatic nitrogens is 1. The van der Waals surface area contributed by atoms with Crippen LogP contribution in [0.1, 0.15) is 10.5 Å². The minimum atomic E-state index is -1.01. The SMILES string of the molecule is O=C(O)c1csc(Nc2ccccc2N2CCOCC2)n1. The molecule has 1 fully saturated rings. The molecule has 0 amide bonds. The lowest BCUT2D eigenvalue weighted by atomic mass is 10.2. The summed E-state index contributed by atoms with van der Waals surface area (Å²) in [5.41, 5.74) is 2.06. The van der Waals surface area contributed by atoms with Crippen LogP contribution in [0.5, 0.6) is 0 Å². The van der Waals surface area contributed by atoms with E-state index in [4.69, 9.17) is 9.84 Å². The predicted octanol–water partition coefficient (Wildman–Crippen LogP) is 2.42. The van der Waals surface area contributed by atoms with Crippen molar-refractivity contribution in [1.29, 1.82) is 0 Å². The van der Waals surface area contributed by atoms with Crippen molar-refractivity contribution in [3.8, 4) is 0 Å². The van der Waals surface area contributed by atoms with Crippen molar-refractivity contribution >= 4 is 33.8 Å². The van der Waals surface area contributed by atoms with Gasteiger partial charge in [-0.15, -0.1) is 11.3 Å². The quantitative estimate of drug-likeness (QED) is 0.903. The van der Waals surface area contributed by atoms with Crippen molar-refractivity contribution in [3.05, 3.63) is 35.3 Å². The molecular weight excluding hydrogens is 290 g/mol. The number of carbonyl (C=O) groups is 1. The number of rotatable bonds is 4. The molecule has 1 saturated heterocycles. The van der Waals surface area contributed by atoms with Crippen LogP contribution in [0, 0.1) is 0 Å². The lowest BCUT2D eigenvalue weighted by molar-refractivity contribution is 0.0691. The van der Waals surface area contributed by atoms with E-state index in [1.807, 2.05) is 24.3 Å². The number of anilines is 3. The molecule has 0 atom stereocenters. The molecular formula is C14H15N3O3S. The molecule has 0 unspecified atom stereocenters. The van der Waals surface area contributed by atoms with Gasteiger partial charge in [0.1, 0.15) is 0 Å². The molecule has 0 saturated carbocycles. The number of morpholine rings is 1. The number of nitrogens with zero attached hydrogens (tertiary/aromatic N) is 2. The normalized spacial score (nSPS) is 15.0. The van der Waals surface area contributed by atoms with Gasteiger partial charge in [-0.25, -0.2) is 9.78 Å². The summed E-state index contributed by atoms with van der Waals surface area (Å²) < 4.78 is 5.37. The van der Waals surface area contributed by atoms with Crippen LogP contribution in [0.2, 0.25) is 0 Å². The summed E-state index contributed by atoms with van der Waals surface area (Å²) in [7, 11) is 0. The number of thiazole rings is 1. The molecule has 3 rings (SSSR count). The van der Waals surface area contributed by atoms with Crippen LogP contribution >= 0.6 is 11.3 Å². The number of hydrogen-bond acceptors (Lipinski definition) is 6. The summed E-state index contributed by atoms with van der Waals surface area (Å²) in [5, 5.41) is 14.2. The number of para-hydroxylation sites is 2. The van der Waals surface area contributed by atoms with Gasteiger partial charge in [0.05, 0.1) is 24.6 Å². The van der Waals surface area contributed by atoms with Gasteiger partial charge in [-0.2, -0.15) is 0 Å². The number of hydrogen-bond donors (Lipinski definition) is 2. The highest BCUT2D eigenvalue weighted by atomic mass is 32.1. The predicted molar refractivity (Wildman–Crippen MR) is 81.8 cm³/mol. The van der Waals surface area contributed by atoms with E-state index in [0.29, 0.717) is 5.13 Å². The maximum atomic E-state index is 10.9. The van der Waals surface area contributed by atoms with E-state index >= 15 is 0 Å². The lowest BCUT2D eigenvalue weighted by Gasteiger charge is -2.30. The average molecular weight is 305 g/mol. The zero-order valence-electron chi connectivity index (χ0n) is 11.3. The molecule has 0 spiro atoms. The van der Waals surface area contributed by atoms with Crippen molar-refractivity contribution in [2.75, 3.05) is 36.5 Å². The second kappa shape index (κ2) is 6.11. The van der Waals surface area contributed by atoms with Gasteiger partial charge in [0.15, 0.2) is 10.8 Å². The highest BCUT2D eigenvalue weighted by Gasteiger charge is 2.15. The number of carboxylic acids is 1. The van der Waals surface area contributed by atoms with E-state index in [-0.39, 0.29) is 5.69 Å². The highest BCUT2D eigenvalue weighted by molar-refractivity contribution is 7.14. The Labute approximate surface area is 126 Å². The summed E-state index contributed by atoms with van der Waals surface area (Å²) >= 11 is 1.28. The number of ether oxygens (including phenoxy) is 1. The third-order valence-corrected chi connectivity index (χ3v) is 3.98. The standard InChI is InChI=1S/C14H15N3O3S/c18-13(19)11-9-21-14(16-11)15-10-3-1-2-4-12(10)17-5-7-20-8-6-17/h1-4,9H,5-8H2,(H,15,16)(H,18,19). The van der Waals surface area contributed by atoms with Crippen LogP contribution < -0.4 is 10.2 Å². The lowest BCUT2D eigenvalue weighted by Crippen LogP contribution is -2.36. The summed E-state index contributed by atoms with van der Waals surface area (Å²) in [5.74, 6) is -1.01. The number of nitrogens with one attached hydrogen (secondary N) is 1. The molecule has 110 valence electrons. The van der Waals surface area contributed by atoms with Crippen molar-refractivity contribution in [3.63, 3.8) is 0 Å². The van der Waals surface area contributed by atoms with E-state index in [0.717, 1.165) is 37.7 Å². The third-order valence-electron chi connectivity index (χ3n) is 3.22. The van der Waals surface area contributed by atoms with Gasteiger partial charge in [-0.1, -0.05) is 12.1 Å². The summed E-state index contributed by atoms with van der Waals surface area (Å²) in [6.07, 6.45) is 0. The number of carboxylic acid groups (broad SMARTS) is 1. The van der Waals surface area contributed by atoms with Crippen molar-refractivity contribution in [2.45, 2.75) is 0 Å². The molecule has 2 N–H and O–H groups in total. The topological polar surface area (TPSA) is 74.7 Å². The van der Waals surface area contributed by atoms with Gasteiger partial charge in [0.2, 0.25) is 0 Å². The van der Waals surface area contributed by atoms with Crippen LogP contribution in [0.3, 0.4) is 0 Å². The molecule has 1 aliphatic rings. The fraction of sp³-hybridized carbons (Fsp3) is 0.286. The first-order chi connectivity index (χ1) is 10.2. The Morgan fingerprint density at radius 1 is 1.33 bits per heavy atom. The van der Waals surface area contributed by atoms with E-state index in [2.05, 4.69) is 15.2 Å². The molecule has 1 aromatic carbocycles. The van der Waals surface area contributed by atoms with Crippen LogP contribution in [0.15, 0.2) is 29.6 Å².